The fourth-order valence-corrected chi connectivity index (χ4v) is 4.29. The molecule has 3 nitrogen and oxygen atoms in total. The summed E-state index contributed by atoms with van der Waals surface area (Å²) >= 11 is 5.94. The molecular formula is C16H19ClN2O. The first-order chi connectivity index (χ1) is 9.75. The highest BCUT2D eigenvalue weighted by atomic mass is 35.5. The van der Waals surface area contributed by atoms with E-state index in [1.165, 1.54) is 30.5 Å². The molecule has 0 aromatic heterocycles. The Morgan fingerprint density at radius 3 is 2.75 bits per heavy atom. The minimum absolute atomic E-state index is 0.164. The number of anilines is 1. The molecule has 2 saturated carbocycles. The molecule has 1 N–H and O–H groups in total. The van der Waals surface area contributed by atoms with E-state index in [0.29, 0.717) is 18.0 Å². The van der Waals surface area contributed by atoms with Crippen molar-refractivity contribution in [2.75, 3.05) is 5.32 Å². The summed E-state index contributed by atoms with van der Waals surface area (Å²) in [5.41, 5.74) is 2.43. The molecule has 0 bridgehead atoms. The lowest BCUT2D eigenvalue weighted by atomic mass is 9.83. The van der Waals surface area contributed by atoms with Gasteiger partial charge in [-0.1, -0.05) is 24.6 Å². The van der Waals surface area contributed by atoms with E-state index in [9.17, 15) is 4.79 Å². The van der Waals surface area contributed by atoms with Gasteiger partial charge in [0.15, 0.2) is 0 Å². The Hall–Kier alpha value is -1.22. The molecule has 1 aliphatic heterocycles. The van der Waals surface area contributed by atoms with Crippen molar-refractivity contribution in [2.45, 2.75) is 50.2 Å². The minimum Gasteiger partial charge on any atom is -0.382 e. The maximum Gasteiger partial charge on any atom is 0.317 e. The molecule has 4 heteroatoms. The fraction of sp³-hybridized carbons (Fsp3) is 0.562. The van der Waals surface area contributed by atoms with Gasteiger partial charge in [0.05, 0.1) is 6.04 Å². The average molecular weight is 291 g/mol. The van der Waals surface area contributed by atoms with Gasteiger partial charge in [0.2, 0.25) is 0 Å². The van der Waals surface area contributed by atoms with Gasteiger partial charge < -0.3 is 10.2 Å². The number of para-hydroxylation sites is 1. The molecule has 106 valence electrons. The van der Waals surface area contributed by atoms with Crippen LogP contribution >= 0.6 is 11.6 Å². The largest absolute Gasteiger partial charge is 0.382 e. The summed E-state index contributed by atoms with van der Waals surface area (Å²) < 4.78 is 0. The number of hydrogen-bond acceptors (Lipinski definition) is 2. The lowest BCUT2D eigenvalue weighted by molar-refractivity contribution is 0.155. The summed E-state index contributed by atoms with van der Waals surface area (Å²) in [6.45, 7) is 0. The zero-order chi connectivity index (χ0) is 13.7. The molecule has 3 aliphatic rings. The summed E-state index contributed by atoms with van der Waals surface area (Å²) in [5, 5.41) is 3.38. The molecule has 4 rings (SSSR count). The monoisotopic (exact) mass is 290 g/mol. The zero-order valence-electron chi connectivity index (χ0n) is 11.4. The van der Waals surface area contributed by atoms with E-state index in [1.54, 1.807) is 0 Å². The van der Waals surface area contributed by atoms with Crippen LogP contribution in [0.3, 0.4) is 0 Å². The van der Waals surface area contributed by atoms with Gasteiger partial charge >= 0.3 is 5.37 Å². The van der Waals surface area contributed by atoms with Gasteiger partial charge in [0.1, 0.15) is 0 Å². The zero-order valence-corrected chi connectivity index (χ0v) is 12.1. The van der Waals surface area contributed by atoms with Gasteiger partial charge in [-0.05, 0) is 48.9 Å². The summed E-state index contributed by atoms with van der Waals surface area (Å²) in [6.07, 6.45) is 5.82. The van der Waals surface area contributed by atoms with Crippen molar-refractivity contribution < 1.29 is 4.79 Å². The van der Waals surface area contributed by atoms with E-state index in [2.05, 4.69) is 29.6 Å². The SMILES string of the molecule is O=C(Cl)N(C1CC1)C1c2ccccc2NC2CCCC21. The number of rotatable bonds is 2. The number of nitrogens with one attached hydrogen (secondary N) is 1. The summed E-state index contributed by atoms with van der Waals surface area (Å²) in [4.78, 5) is 14.0. The Labute approximate surface area is 124 Å². The predicted octanol–water partition coefficient (Wildman–Crippen LogP) is 4.15. The molecule has 3 atom stereocenters. The van der Waals surface area contributed by atoms with E-state index in [4.69, 9.17) is 11.6 Å². The number of carbonyl (C=O) groups is 1. The van der Waals surface area contributed by atoms with E-state index in [1.807, 2.05) is 4.90 Å². The predicted molar refractivity (Wildman–Crippen MR) is 80.0 cm³/mol. The van der Waals surface area contributed by atoms with Crippen LogP contribution in [-0.4, -0.2) is 22.3 Å². The minimum atomic E-state index is -0.278. The van der Waals surface area contributed by atoms with Crippen LogP contribution in [0.5, 0.6) is 0 Å². The molecule has 1 amide bonds. The van der Waals surface area contributed by atoms with Crippen molar-refractivity contribution >= 4 is 22.7 Å². The van der Waals surface area contributed by atoms with Gasteiger partial charge in [-0.3, -0.25) is 4.79 Å². The number of carbonyl (C=O) groups excluding carboxylic acids is 1. The Bertz CT molecular complexity index is 543. The van der Waals surface area contributed by atoms with Crippen molar-refractivity contribution in [3.05, 3.63) is 29.8 Å². The molecule has 2 aliphatic carbocycles. The Morgan fingerprint density at radius 1 is 1.20 bits per heavy atom. The van der Waals surface area contributed by atoms with E-state index < -0.39 is 0 Å². The van der Waals surface area contributed by atoms with Crippen molar-refractivity contribution in [3.8, 4) is 0 Å². The van der Waals surface area contributed by atoms with Crippen molar-refractivity contribution in [1.82, 2.24) is 4.90 Å². The summed E-state index contributed by atoms with van der Waals surface area (Å²) in [7, 11) is 0. The third-order valence-electron chi connectivity index (χ3n) is 5.04. The molecule has 20 heavy (non-hydrogen) atoms. The highest BCUT2D eigenvalue weighted by Gasteiger charge is 2.47. The molecule has 1 aromatic rings. The van der Waals surface area contributed by atoms with Crippen LogP contribution in [0.15, 0.2) is 24.3 Å². The maximum absolute atomic E-state index is 12.0. The third-order valence-corrected chi connectivity index (χ3v) is 5.23. The van der Waals surface area contributed by atoms with Gasteiger partial charge in [-0.15, -0.1) is 0 Å². The van der Waals surface area contributed by atoms with Crippen LogP contribution in [0.25, 0.3) is 0 Å². The number of halogens is 1. The number of hydrogen-bond donors (Lipinski definition) is 1. The van der Waals surface area contributed by atoms with Crippen LogP contribution < -0.4 is 5.32 Å². The molecule has 3 unspecified atom stereocenters. The first-order valence-corrected chi connectivity index (χ1v) is 7.97. The van der Waals surface area contributed by atoms with E-state index >= 15 is 0 Å². The smallest absolute Gasteiger partial charge is 0.317 e. The van der Waals surface area contributed by atoms with Crippen molar-refractivity contribution in [1.29, 1.82) is 0 Å². The lowest BCUT2D eigenvalue weighted by Crippen LogP contribution is -2.44. The van der Waals surface area contributed by atoms with E-state index in [0.717, 1.165) is 12.8 Å². The van der Waals surface area contributed by atoms with Crippen molar-refractivity contribution in [3.63, 3.8) is 0 Å². The second kappa shape index (κ2) is 4.66. The normalized spacial score (nSPS) is 31.1. The second-order valence-electron chi connectivity index (χ2n) is 6.27. The van der Waals surface area contributed by atoms with Crippen LogP contribution in [0.4, 0.5) is 10.5 Å². The van der Waals surface area contributed by atoms with Gasteiger partial charge in [-0.25, -0.2) is 0 Å². The Morgan fingerprint density at radius 2 is 2.00 bits per heavy atom. The number of nitrogens with zero attached hydrogens (tertiary/aromatic N) is 1. The van der Waals surface area contributed by atoms with Gasteiger partial charge in [0.25, 0.3) is 0 Å². The maximum atomic E-state index is 12.0. The van der Waals surface area contributed by atoms with E-state index in [-0.39, 0.29) is 11.4 Å². The van der Waals surface area contributed by atoms with Gasteiger partial charge in [-0.2, -0.15) is 0 Å². The molecule has 2 fully saturated rings. The number of benzene rings is 1. The fourth-order valence-electron chi connectivity index (χ4n) is 4.05. The quantitative estimate of drug-likeness (QED) is 0.656. The number of amides is 1. The molecule has 0 saturated heterocycles. The third kappa shape index (κ3) is 1.91. The highest BCUT2D eigenvalue weighted by molar-refractivity contribution is 6.62. The van der Waals surface area contributed by atoms with Crippen LogP contribution in [0.2, 0.25) is 0 Å². The highest BCUT2D eigenvalue weighted by Crippen LogP contribution is 2.50. The summed E-state index contributed by atoms with van der Waals surface area (Å²) in [6, 6.07) is 9.41. The van der Waals surface area contributed by atoms with Gasteiger partial charge in [0, 0.05) is 23.7 Å². The van der Waals surface area contributed by atoms with Crippen LogP contribution in [-0.2, 0) is 0 Å². The lowest BCUT2D eigenvalue weighted by Gasteiger charge is -2.42. The van der Waals surface area contributed by atoms with Crippen LogP contribution in [0, 0.1) is 5.92 Å². The Kier molecular flexibility index (Phi) is 2.92. The number of fused-ring (bicyclic) bond motifs is 2. The van der Waals surface area contributed by atoms with Crippen molar-refractivity contribution in [2.24, 2.45) is 5.92 Å². The topological polar surface area (TPSA) is 32.3 Å². The first kappa shape index (κ1) is 12.5. The summed E-state index contributed by atoms with van der Waals surface area (Å²) in [5.74, 6) is 0.508. The second-order valence-corrected chi connectivity index (χ2v) is 6.59. The Balaban J connectivity index is 1.79. The molecule has 1 aromatic carbocycles. The average Bonchev–Trinajstić information content (AvgIpc) is 3.15. The first-order valence-electron chi connectivity index (χ1n) is 7.59. The molecular weight excluding hydrogens is 272 g/mol. The standard InChI is InChI=1S/C16H19ClN2O/c17-16(20)19(10-8-9-10)15-11-4-1-2-6-13(11)18-14-7-3-5-12(14)15/h1-2,4,6,10,12,14-15,18H,3,5,7-9H2. The molecule has 0 radical (unpaired) electrons. The molecule has 1 heterocycles. The molecule has 0 spiro atoms. The van der Waals surface area contributed by atoms with Crippen LogP contribution in [0.1, 0.15) is 43.7 Å².